The third-order valence-electron chi connectivity index (χ3n) is 4.84. The first-order chi connectivity index (χ1) is 13.4. The molecule has 0 fully saturated rings. The third kappa shape index (κ3) is 3.31. The molecule has 0 amide bonds. The lowest BCUT2D eigenvalue weighted by molar-refractivity contribution is -0.137. The van der Waals surface area contributed by atoms with Crippen molar-refractivity contribution in [2.24, 2.45) is 0 Å². The highest BCUT2D eigenvalue weighted by Gasteiger charge is 2.32. The number of hydrogen-bond donors (Lipinski definition) is 1. The summed E-state index contributed by atoms with van der Waals surface area (Å²) in [5.41, 5.74) is 2.74. The fraction of sp³-hybridized carbons (Fsp3) is 0.0870. The average Bonchev–Trinajstić information content (AvgIpc) is 2.72. The predicted octanol–water partition coefficient (Wildman–Crippen LogP) is 6.03. The van der Waals surface area contributed by atoms with Crippen LogP contribution >= 0.6 is 0 Å². The third-order valence-corrected chi connectivity index (χ3v) is 4.84. The summed E-state index contributed by atoms with van der Waals surface area (Å²) in [5, 5.41) is 3.14. The maximum Gasteiger partial charge on any atom is 0.416 e. The summed E-state index contributed by atoms with van der Waals surface area (Å²) in [6.07, 6.45) is -2.78. The fourth-order valence-corrected chi connectivity index (χ4v) is 3.47. The van der Waals surface area contributed by atoms with Gasteiger partial charge in [0.25, 0.3) is 0 Å². The summed E-state index contributed by atoms with van der Waals surface area (Å²) in [5.74, 6) is -0.599. The summed E-state index contributed by atoms with van der Waals surface area (Å²) in [6.45, 7) is 0. The van der Waals surface area contributed by atoms with Crippen molar-refractivity contribution in [3.63, 3.8) is 0 Å². The van der Waals surface area contributed by atoms with Crippen LogP contribution < -0.4 is 5.32 Å². The molecule has 4 rings (SSSR count). The Balaban J connectivity index is 1.75. The van der Waals surface area contributed by atoms with Crippen LogP contribution in [0.25, 0.3) is 0 Å². The fourth-order valence-electron chi connectivity index (χ4n) is 3.47. The molecule has 0 radical (unpaired) electrons. The number of halogens is 3. The maximum absolute atomic E-state index is 13.2. The highest BCUT2D eigenvalue weighted by molar-refractivity contribution is 6.11. The highest BCUT2D eigenvalue weighted by atomic mass is 19.4. The Morgan fingerprint density at radius 2 is 1.46 bits per heavy atom. The summed E-state index contributed by atoms with van der Waals surface area (Å²) >= 11 is 0. The van der Waals surface area contributed by atoms with E-state index in [2.05, 4.69) is 5.32 Å². The first-order valence-electron chi connectivity index (χ1n) is 8.77. The molecule has 0 aromatic heterocycles. The number of benzene rings is 3. The van der Waals surface area contributed by atoms with E-state index in [4.69, 9.17) is 0 Å². The van der Waals surface area contributed by atoms with Crippen LogP contribution in [0.1, 0.15) is 33.0 Å². The van der Waals surface area contributed by atoms with Crippen LogP contribution in [0.4, 0.5) is 18.9 Å². The van der Waals surface area contributed by atoms with Crippen LogP contribution in [0.15, 0.2) is 90.6 Å². The normalized spacial score (nSPS) is 16.0. The molecule has 0 spiro atoms. The minimum Gasteiger partial charge on any atom is -0.361 e. The van der Waals surface area contributed by atoms with Gasteiger partial charge in [-0.25, -0.2) is 0 Å². The summed E-state index contributed by atoms with van der Waals surface area (Å²) in [7, 11) is 0. The van der Waals surface area contributed by atoms with Crippen molar-refractivity contribution >= 4 is 11.5 Å². The minimum atomic E-state index is -4.43. The van der Waals surface area contributed by atoms with E-state index in [1.165, 1.54) is 12.1 Å². The lowest BCUT2D eigenvalue weighted by Crippen LogP contribution is -2.20. The molecule has 140 valence electrons. The van der Waals surface area contributed by atoms with Crippen molar-refractivity contribution in [3.8, 4) is 0 Å². The van der Waals surface area contributed by atoms with Gasteiger partial charge in [0.05, 0.1) is 5.56 Å². The molecule has 0 bridgehead atoms. The zero-order valence-corrected chi connectivity index (χ0v) is 14.7. The summed E-state index contributed by atoms with van der Waals surface area (Å²) in [4.78, 5) is 13.2. The Bertz CT molecular complexity index is 1040. The second kappa shape index (κ2) is 7.00. The van der Waals surface area contributed by atoms with Crippen molar-refractivity contribution in [2.75, 3.05) is 5.32 Å². The second-order valence-corrected chi connectivity index (χ2v) is 6.58. The average molecular weight is 379 g/mol. The van der Waals surface area contributed by atoms with Gasteiger partial charge in [-0.1, -0.05) is 60.7 Å². The standard InChI is InChI=1S/C23H16F3NO/c24-23(25,26)17-12-10-16(11-13-17)22(28)19-14-27-20-9-5-4-8-18(20)21(19)15-6-2-1-3-7-15/h1-14,21,27H. The van der Waals surface area contributed by atoms with E-state index in [9.17, 15) is 18.0 Å². The van der Waals surface area contributed by atoms with Crippen molar-refractivity contribution in [1.82, 2.24) is 0 Å². The zero-order chi connectivity index (χ0) is 19.7. The number of ketones is 1. The molecule has 1 unspecified atom stereocenters. The van der Waals surface area contributed by atoms with Gasteiger partial charge in [-0.05, 0) is 29.3 Å². The number of para-hydroxylation sites is 1. The van der Waals surface area contributed by atoms with Gasteiger partial charge in [0, 0.05) is 28.9 Å². The van der Waals surface area contributed by atoms with Gasteiger partial charge in [-0.3, -0.25) is 4.79 Å². The predicted molar refractivity (Wildman–Crippen MR) is 102 cm³/mol. The van der Waals surface area contributed by atoms with Crippen LogP contribution in [0.5, 0.6) is 0 Å². The molecule has 0 saturated heterocycles. The molecule has 1 aliphatic heterocycles. The number of carbonyl (C=O) groups excluding carboxylic acids is 1. The first kappa shape index (κ1) is 18.0. The van der Waals surface area contributed by atoms with Gasteiger partial charge in [-0.15, -0.1) is 0 Å². The minimum absolute atomic E-state index is 0.223. The summed E-state index contributed by atoms with van der Waals surface area (Å²) in [6, 6.07) is 21.6. The van der Waals surface area contributed by atoms with Crippen LogP contribution in [-0.2, 0) is 6.18 Å². The van der Waals surface area contributed by atoms with Gasteiger partial charge in [0.2, 0.25) is 0 Å². The van der Waals surface area contributed by atoms with Crippen LogP contribution in [0.3, 0.4) is 0 Å². The smallest absolute Gasteiger partial charge is 0.361 e. The van der Waals surface area contributed by atoms with Gasteiger partial charge in [0.15, 0.2) is 5.78 Å². The van der Waals surface area contributed by atoms with E-state index in [1.807, 2.05) is 54.6 Å². The van der Waals surface area contributed by atoms with E-state index in [0.29, 0.717) is 5.57 Å². The number of alkyl halides is 3. The SMILES string of the molecule is O=C(C1=CNc2ccccc2C1c1ccccc1)c1ccc(C(F)(F)F)cc1. The molecule has 3 aromatic rings. The Kier molecular flexibility index (Phi) is 4.51. The van der Waals surface area contributed by atoms with Crippen LogP contribution in [0, 0.1) is 0 Å². The zero-order valence-electron chi connectivity index (χ0n) is 14.7. The maximum atomic E-state index is 13.2. The van der Waals surface area contributed by atoms with Crippen molar-refractivity contribution in [2.45, 2.75) is 12.1 Å². The van der Waals surface area contributed by atoms with Crippen molar-refractivity contribution in [3.05, 3.63) is 113 Å². The van der Waals surface area contributed by atoms with Gasteiger partial charge in [-0.2, -0.15) is 13.2 Å². The second-order valence-electron chi connectivity index (χ2n) is 6.58. The Morgan fingerprint density at radius 1 is 0.821 bits per heavy atom. The van der Waals surface area contributed by atoms with E-state index in [1.54, 1.807) is 6.20 Å². The molecule has 5 heteroatoms. The molecule has 2 nitrogen and oxygen atoms in total. The van der Waals surface area contributed by atoms with E-state index < -0.39 is 11.7 Å². The van der Waals surface area contributed by atoms with E-state index in [-0.39, 0.29) is 17.3 Å². The number of allylic oxidation sites excluding steroid dienone is 1. The Morgan fingerprint density at radius 3 is 2.14 bits per heavy atom. The molecule has 1 heterocycles. The van der Waals surface area contributed by atoms with E-state index in [0.717, 1.165) is 28.9 Å². The van der Waals surface area contributed by atoms with Crippen molar-refractivity contribution in [1.29, 1.82) is 0 Å². The molecule has 3 aromatic carbocycles. The number of rotatable bonds is 3. The van der Waals surface area contributed by atoms with Crippen molar-refractivity contribution < 1.29 is 18.0 Å². The topological polar surface area (TPSA) is 29.1 Å². The van der Waals surface area contributed by atoms with Crippen LogP contribution in [0.2, 0.25) is 0 Å². The number of anilines is 1. The number of fused-ring (bicyclic) bond motifs is 1. The molecule has 0 saturated carbocycles. The Hall–Kier alpha value is -3.34. The monoisotopic (exact) mass is 379 g/mol. The lowest BCUT2D eigenvalue weighted by Gasteiger charge is -2.27. The van der Waals surface area contributed by atoms with Gasteiger partial charge < -0.3 is 5.32 Å². The molecule has 28 heavy (non-hydrogen) atoms. The Labute approximate surface area is 160 Å². The number of Topliss-reactive ketones (excluding diaryl/α,β-unsaturated/α-hetero) is 1. The van der Waals surface area contributed by atoms with Gasteiger partial charge in [0.1, 0.15) is 0 Å². The molecule has 1 aliphatic rings. The molecular formula is C23H16F3NO. The molecular weight excluding hydrogens is 363 g/mol. The quantitative estimate of drug-likeness (QED) is 0.563. The number of nitrogens with one attached hydrogen (secondary N) is 1. The number of carbonyl (C=O) groups is 1. The summed E-state index contributed by atoms with van der Waals surface area (Å²) < 4.78 is 38.5. The largest absolute Gasteiger partial charge is 0.416 e. The van der Waals surface area contributed by atoms with Gasteiger partial charge >= 0.3 is 6.18 Å². The molecule has 0 aliphatic carbocycles. The number of hydrogen-bond acceptors (Lipinski definition) is 2. The molecule has 1 N–H and O–H groups in total. The first-order valence-corrected chi connectivity index (χ1v) is 8.77. The lowest BCUT2D eigenvalue weighted by atomic mass is 9.79. The molecule has 1 atom stereocenters. The van der Waals surface area contributed by atoms with E-state index >= 15 is 0 Å². The van der Waals surface area contributed by atoms with Crippen LogP contribution in [-0.4, -0.2) is 5.78 Å². The highest BCUT2D eigenvalue weighted by Crippen LogP contribution is 2.40.